The first kappa shape index (κ1) is 23.0. The van der Waals surface area contributed by atoms with E-state index in [0.717, 1.165) is 11.1 Å². The van der Waals surface area contributed by atoms with E-state index in [-0.39, 0.29) is 19.2 Å². The molecular formula is C21H33N3O5. The van der Waals surface area contributed by atoms with Crippen molar-refractivity contribution in [3.8, 4) is 0 Å². The number of nitrogens with zero attached hydrogens (tertiary/aromatic N) is 2. The first-order chi connectivity index (χ1) is 13.6. The molecule has 1 heterocycles. The zero-order valence-electron chi connectivity index (χ0n) is 17.8. The van der Waals surface area contributed by atoms with E-state index in [4.69, 9.17) is 9.47 Å². The van der Waals surface area contributed by atoms with Crippen molar-refractivity contribution in [2.75, 3.05) is 39.3 Å². The van der Waals surface area contributed by atoms with Gasteiger partial charge in [0.1, 0.15) is 12.2 Å². The molecule has 1 fully saturated rings. The number of aliphatic hydroxyl groups excluding tert-OH is 1. The molecule has 0 bridgehead atoms. The molecule has 1 aliphatic heterocycles. The smallest absolute Gasteiger partial charge is 0.410 e. The number of nitrogens with one attached hydrogen (secondary N) is 1. The number of rotatable bonds is 6. The molecule has 8 nitrogen and oxygen atoms in total. The summed E-state index contributed by atoms with van der Waals surface area (Å²) in [6.45, 7) is 10.6. The SMILES string of the molecule is Cc1cccc(COC(=O)NC[C@@H](O)CN2CCN(C(=O)OC(C)(C)C)CC2)c1. The van der Waals surface area contributed by atoms with E-state index < -0.39 is 17.8 Å². The van der Waals surface area contributed by atoms with Crippen molar-refractivity contribution in [1.82, 2.24) is 15.1 Å². The summed E-state index contributed by atoms with van der Waals surface area (Å²) in [6.07, 6.45) is -1.58. The van der Waals surface area contributed by atoms with Crippen LogP contribution in [0.1, 0.15) is 31.9 Å². The molecule has 29 heavy (non-hydrogen) atoms. The number of amides is 2. The summed E-state index contributed by atoms with van der Waals surface area (Å²) in [5, 5.41) is 12.8. The third-order valence-electron chi connectivity index (χ3n) is 4.43. The van der Waals surface area contributed by atoms with E-state index >= 15 is 0 Å². The largest absolute Gasteiger partial charge is 0.445 e. The van der Waals surface area contributed by atoms with Gasteiger partial charge in [-0.15, -0.1) is 0 Å². The maximum Gasteiger partial charge on any atom is 0.410 e. The van der Waals surface area contributed by atoms with Crippen LogP contribution in [0.4, 0.5) is 9.59 Å². The van der Waals surface area contributed by atoms with E-state index in [2.05, 4.69) is 10.2 Å². The van der Waals surface area contributed by atoms with Gasteiger partial charge in [-0.1, -0.05) is 29.8 Å². The van der Waals surface area contributed by atoms with E-state index in [1.165, 1.54) is 0 Å². The maximum atomic E-state index is 12.1. The van der Waals surface area contributed by atoms with Crippen LogP contribution >= 0.6 is 0 Å². The van der Waals surface area contributed by atoms with Gasteiger partial charge in [0.25, 0.3) is 0 Å². The zero-order valence-corrected chi connectivity index (χ0v) is 17.8. The second-order valence-corrected chi connectivity index (χ2v) is 8.37. The standard InChI is InChI=1S/C21H33N3O5/c1-16-6-5-7-17(12-16)15-28-19(26)22-13-18(25)14-23-8-10-24(11-9-23)20(27)29-21(2,3)4/h5-7,12,18,25H,8-11,13-15H2,1-4H3,(H,22,26)/t18-/m1/s1. The Balaban J connectivity index is 1.62. The Kier molecular flexibility index (Phi) is 8.28. The minimum Gasteiger partial charge on any atom is -0.445 e. The Labute approximate surface area is 172 Å². The molecule has 0 radical (unpaired) electrons. The molecule has 8 heteroatoms. The van der Waals surface area contributed by atoms with Crippen LogP contribution in [0.3, 0.4) is 0 Å². The highest BCUT2D eigenvalue weighted by Crippen LogP contribution is 2.12. The molecule has 162 valence electrons. The summed E-state index contributed by atoms with van der Waals surface area (Å²) in [5.74, 6) is 0. The fourth-order valence-electron chi connectivity index (χ4n) is 3.01. The van der Waals surface area contributed by atoms with Crippen molar-refractivity contribution in [3.05, 3.63) is 35.4 Å². The fraction of sp³-hybridized carbons (Fsp3) is 0.619. The first-order valence-corrected chi connectivity index (χ1v) is 9.97. The average Bonchev–Trinajstić information content (AvgIpc) is 2.64. The monoisotopic (exact) mass is 407 g/mol. The van der Waals surface area contributed by atoms with Gasteiger partial charge in [-0.25, -0.2) is 9.59 Å². The summed E-state index contributed by atoms with van der Waals surface area (Å²) in [5.41, 5.74) is 1.52. The number of β-amino-alcohol motifs (C(OH)–C–C–N with tert-alkyl or cyclic N) is 1. The molecule has 0 spiro atoms. The van der Waals surface area contributed by atoms with Crippen LogP contribution in [0.5, 0.6) is 0 Å². The number of hydrogen-bond acceptors (Lipinski definition) is 6. The lowest BCUT2D eigenvalue weighted by molar-refractivity contribution is 0.0101. The lowest BCUT2D eigenvalue weighted by atomic mass is 10.1. The predicted molar refractivity (Wildman–Crippen MR) is 110 cm³/mol. The third-order valence-corrected chi connectivity index (χ3v) is 4.43. The first-order valence-electron chi connectivity index (χ1n) is 9.97. The zero-order chi connectivity index (χ0) is 21.4. The third kappa shape index (κ3) is 8.70. The van der Waals surface area contributed by atoms with Gasteiger partial charge in [0.15, 0.2) is 0 Å². The summed E-state index contributed by atoms with van der Waals surface area (Å²) in [4.78, 5) is 27.6. The number of ether oxygens (including phenoxy) is 2. The molecule has 0 aromatic heterocycles. The number of benzene rings is 1. The number of carbonyl (C=O) groups is 2. The molecule has 1 aliphatic rings. The Bertz CT molecular complexity index is 681. The number of piperazine rings is 1. The Morgan fingerprint density at radius 3 is 2.52 bits per heavy atom. The fourth-order valence-corrected chi connectivity index (χ4v) is 3.01. The van der Waals surface area contributed by atoms with Gasteiger partial charge in [-0.3, -0.25) is 4.90 Å². The number of carbonyl (C=O) groups excluding carboxylic acids is 2. The van der Waals surface area contributed by atoms with Crippen molar-refractivity contribution in [3.63, 3.8) is 0 Å². The Morgan fingerprint density at radius 1 is 1.21 bits per heavy atom. The molecule has 0 saturated carbocycles. The molecule has 2 N–H and O–H groups in total. The van der Waals surface area contributed by atoms with Gasteiger partial charge >= 0.3 is 12.2 Å². The molecule has 0 unspecified atom stereocenters. The highest BCUT2D eigenvalue weighted by atomic mass is 16.6. The van der Waals surface area contributed by atoms with Gasteiger partial charge < -0.3 is 24.8 Å². The van der Waals surface area contributed by atoms with E-state index in [0.29, 0.717) is 32.7 Å². The minimum atomic E-state index is -0.713. The average molecular weight is 408 g/mol. The minimum absolute atomic E-state index is 0.110. The van der Waals surface area contributed by atoms with Crippen molar-refractivity contribution in [2.45, 2.75) is 46.0 Å². The number of aryl methyl sites for hydroxylation is 1. The van der Waals surface area contributed by atoms with Crippen LogP contribution in [-0.4, -0.2) is 78.1 Å². The van der Waals surface area contributed by atoms with Crippen LogP contribution < -0.4 is 5.32 Å². The second-order valence-electron chi connectivity index (χ2n) is 8.37. The van der Waals surface area contributed by atoms with Crippen molar-refractivity contribution in [2.24, 2.45) is 0 Å². The maximum absolute atomic E-state index is 12.1. The predicted octanol–water partition coefficient (Wildman–Crippen LogP) is 2.13. The molecule has 0 aliphatic carbocycles. The molecule has 1 saturated heterocycles. The quantitative estimate of drug-likeness (QED) is 0.751. The van der Waals surface area contributed by atoms with E-state index in [9.17, 15) is 14.7 Å². The molecular weight excluding hydrogens is 374 g/mol. The van der Waals surface area contributed by atoms with Crippen LogP contribution in [0, 0.1) is 6.92 Å². The highest BCUT2D eigenvalue weighted by Gasteiger charge is 2.26. The molecule has 2 amide bonds. The number of hydrogen-bond donors (Lipinski definition) is 2. The van der Waals surface area contributed by atoms with Gasteiger partial charge in [0, 0.05) is 39.3 Å². The second kappa shape index (κ2) is 10.5. The number of alkyl carbamates (subject to hydrolysis) is 1. The summed E-state index contributed by atoms with van der Waals surface area (Å²) >= 11 is 0. The lowest BCUT2D eigenvalue weighted by Crippen LogP contribution is -2.52. The van der Waals surface area contributed by atoms with Gasteiger partial charge in [0.2, 0.25) is 0 Å². The molecule has 1 aromatic carbocycles. The Hall–Kier alpha value is -2.32. The van der Waals surface area contributed by atoms with Gasteiger partial charge in [-0.2, -0.15) is 0 Å². The topological polar surface area (TPSA) is 91.3 Å². The summed E-state index contributed by atoms with van der Waals surface area (Å²) in [6, 6.07) is 7.75. The normalized spacial score (nSPS) is 16.2. The van der Waals surface area contributed by atoms with Crippen LogP contribution in [0.2, 0.25) is 0 Å². The van der Waals surface area contributed by atoms with E-state index in [1.54, 1.807) is 4.90 Å². The van der Waals surface area contributed by atoms with Gasteiger partial charge in [0.05, 0.1) is 6.10 Å². The van der Waals surface area contributed by atoms with Gasteiger partial charge in [-0.05, 0) is 33.3 Å². The van der Waals surface area contributed by atoms with Crippen molar-refractivity contribution < 1.29 is 24.2 Å². The molecule has 2 rings (SSSR count). The van der Waals surface area contributed by atoms with E-state index in [1.807, 2.05) is 52.0 Å². The summed E-state index contributed by atoms with van der Waals surface area (Å²) < 4.78 is 10.5. The van der Waals surface area contributed by atoms with Crippen molar-refractivity contribution in [1.29, 1.82) is 0 Å². The highest BCUT2D eigenvalue weighted by molar-refractivity contribution is 5.68. The lowest BCUT2D eigenvalue weighted by Gasteiger charge is -2.36. The molecule has 1 aromatic rings. The Morgan fingerprint density at radius 2 is 1.90 bits per heavy atom. The van der Waals surface area contributed by atoms with Crippen LogP contribution in [-0.2, 0) is 16.1 Å². The van der Waals surface area contributed by atoms with Crippen LogP contribution in [0.15, 0.2) is 24.3 Å². The number of aliphatic hydroxyl groups is 1. The van der Waals surface area contributed by atoms with Crippen molar-refractivity contribution >= 4 is 12.2 Å². The van der Waals surface area contributed by atoms with Crippen LogP contribution in [0.25, 0.3) is 0 Å². The molecule has 1 atom stereocenters. The summed E-state index contributed by atoms with van der Waals surface area (Å²) in [7, 11) is 0.